The van der Waals surface area contributed by atoms with Gasteiger partial charge < -0.3 is 5.11 Å². The molecule has 1 rings (SSSR count). The minimum absolute atomic E-state index is 0.0283. The van der Waals surface area contributed by atoms with Gasteiger partial charge in [0.25, 0.3) is 0 Å². The number of carboxylic acid groups (broad SMARTS) is 1. The molecule has 0 saturated carbocycles. The summed E-state index contributed by atoms with van der Waals surface area (Å²) in [4.78, 5) is 28.6. The SMILES string of the molecule is C=CCC(CC(C)CCCC(C)=CCCC(C)=Cc1csc(C)n1)C(=O)C(C)(C)CCC(=O)O. The number of carboxylic acids is 1. The molecule has 190 valence electrons. The highest BCUT2D eigenvalue weighted by molar-refractivity contribution is 7.09. The monoisotopic (exact) mass is 487 g/mol. The third-order valence-electron chi connectivity index (χ3n) is 6.47. The van der Waals surface area contributed by atoms with Crippen LogP contribution in [0.15, 0.2) is 35.3 Å². The Hall–Kier alpha value is -2.01. The van der Waals surface area contributed by atoms with Crippen LogP contribution >= 0.6 is 11.3 Å². The lowest BCUT2D eigenvalue weighted by Gasteiger charge is -2.29. The first-order valence-corrected chi connectivity index (χ1v) is 13.4. The Morgan fingerprint density at radius 2 is 1.91 bits per heavy atom. The summed E-state index contributed by atoms with van der Waals surface area (Å²) in [5.41, 5.74) is 3.23. The van der Waals surface area contributed by atoms with Crippen molar-refractivity contribution < 1.29 is 14.7 Å². The van der Waals surface area contributed by atoms with Crippen LogP contribution in [0.4, 0.5) is 0 Å². The Labute approximate surface area is 211 Å². The van der Waals surface area contributed by atoms with Crippen LogP contribution in [0, 0.1) is 24.2 Å². The zero-order valence-corrected chi connectivity index (χ0v) is 23.0. The van der Waals surface area contributed by atoms with Crippen LogP contribution in [0.5, 0.6) is 0 Å². The molecule has 1 N–H and O–H groups in total. The molecular weight excluding hydrogens is 442 g/mol. The number of aliphatic carboxylic acids is 1. The van der Waals surface area contributed by atoms with Crippen LogP contribution in [0.2, 0.25) is 0 Å². The Morgan fingerprint density at radius 1 is 1.21 bits per heavy atom. The molecule has 34 heavy (non-hydrogen) atoms. The number of allylic oxidation sites excluding steroid dienone is 4. The molecule has 5 heteroatoms. The van der Waals surface area contributed by atoms with Gasteiger partial charge >= 0.3 is 5.97 Å². The number of thiazole rings is 1. The molecule has 0 aromatic carbocycles. The third kappa shape index (κ3) is 11.9. The van der Waals surface area contributed by atoms with Gasteiger partial charge in [-0.05, 0) is 77.7 Å². The van der Waals surface area contributed by atoms with Crippen molar-refractivity contribution in [2.24, 2.45) is 17.3 Å². The Kier molecular flexibility index (Phi) is 13.3. The molecule has 0 aliphatic carbocycles. The van der Waals surface area contributed by atoms with Gasteiger partial charge in [0, 0.05) is 23.1 Å². The molecule has 0 aliphatic rings. The summed E-state index contributed by atoms with van der Waals surface area (Å²) in [6.45, 7) is 16.2. The van der Waals surface area contributed by atoms with Gasteiger partial charge in [-0.15, -0.1) is 17.9 Å². The number of ketones is 1. The smallest absolute Gasteiger partial charge is 0.303 e. The Balaban J connectivity index is 2.45. The normalized spacial score (nSPS) is 14.6. The maximum absolute atomic E-state index is 13.1. The van der Waals surface area contributed by atoms with Crippen molar-refractivity contribution in [3.8, 4) is 0 Å². The number of hydrogen-bond donors (Lipinski definition) is 1. The van der Waals surface area contributed by atoms with Crippen LogP contribution in [0.1, 0.15) is 103 Å². The summed E-state index contributed by atoms with van der Waals surface area (Å²) >= 11 is 1.69. The first-order chi connectivity index (χ1) is 15.9. The zero-order valence-electron chi connectivity index (χ0n) is 22.2. The molecule has 0 bridgehead atoms. The lowest BCUT2D eigenvalue weighted by atomic mass is 9.74. The van der Waals surface area contributed by atoms with Crippen molar-refractivity contribution in [2.45, 2.75) is 99.3 Å². The Bertz CT molecular complexity index is 862. The number of nitrogens with zero attached hydrogens (tertiary/aromatic N) is 1. The number of carbonyl (C=O) groups is 2. The van der Waals surface area contributed by atoms with Crippen LogP contribution in [-0.2, 0) is 9.59 Å². The molecule has 0 radical (unpaired) electrons. The largest absolute Gasteiger partial charge is 0.481 e. The van der Waals surface area contributed by atoms with E-state index < -0.39 is 11.4 Å². The van der Waals surface area contributed by atoms with Crippen molar-refractivity contribution in [2.75, 3.05) is 0 Å². The molecule has 0 aliphatic heterocycles. The average molecular weight is 488 g/mol. The maximum Gasteiger partial charge on any atom is 0.303 e. The summed E-state index contributed by atoms with van der Waals surface area (Å²) < 4.78 is 0. The second-order valence-corrected chi connectivity index (χ2v) is 11.5. The van der Waals surface area contributed by atoms with Crippen LogP contribution in [-0.4, -0.2) is 21.8 Å². The summed E-state index contributed by atoms with van der Waals surface area (Å²) in [5.74, 6) is -0.306. The molecular formula is C29H45NO3S. The molecule has 2 unspecified atom stereocenters. The number of Topliss-reactive ketones (excluding diaryl/α,β-unsaturated/α-hetero) is 1. The molecule has 1 aromatic rings. The van der Waals surface area contributed by atoms with Crippen molar-refractivity contribution in [1.82, 2.24) is 4.98 Å². The topological polar surface area (TPSA) is 67.3 Å². The van der Waals surface area contributed by atoms with E-state index in [-0.39, 0.29) is 18.1 Å². The number of hydrogen-bond acceptors (Lipinski definition) is 4. The van der Waals surface area contributed by atoms with E-state index in [1.807, 2.05) is 26.8 Å². The summed E-state index contributed by atoms with van der Waals surface area (Å²) in [7, 11) is 0. The zero-order chi connectivity index (χ0) is 25.7. The fourth-order valence-electron chi connectivity index (χ4n) is 4.36. The summed E-state index contributed by atoms with van der Waals surface area (Å²) in [6.07, 6.45) is 13.6. The molecule has 1 heterocycles. The van der Waals surface area contributed by atoms with Crippen LogP contribution < -0.4 is 0 Å². The molecule has 0 saturated heterocycles. The fraction of sp³-hybridized carbons (Fsp3) is 0.621. The van der Waals surface area contributed by atoms with E-state index in [1.165, 1.54) is 11.1 Å². The molecule has 4 nitrogen and oxygen atoms in total. The lowest BCUT2D eigenvalue weighted by Crippen LogP contribution is -2.32. The molecule has 1 aromatic heterocycles. The predicted octanol–water partition coefficient (Wildman–Crippen LogP) is 8.43. The molecule has 0 fully saturated rings. The van der Waals surface area contributed by atoms with Gasteiger partial charge in [-0.2, -0.15) is 0 Å². The van der Waals surface area contributed by atoms with Crippen molar-refractivity contribution in [1.29, 1.82) is 0 Å². The van der Waals surface area contributed by atoms with E-state index in [0.717, 1.165) is 49.2 Å². The molecule has 0 spiro atoms. The van der Waals surface area contributed by atoms with Crippen molar-refractivity contribution in [3.05, 3.63) is 46.0 Å². The second kappa shape index (κ2) is 15.1. The highest BCUT2D eigenvalue weighted by Crippen LogP contribution is 2.33. The Morgan fingerprint density at radius 3 is 2.50 bits per heavy atom. The van der Waals surface area contributed by atoms with Gasteiger partial charge in [-0.1, -0.05) is 50.5 Å². The number of rotatable bonds is 17. The fourth-order valence-corrected chi connectivity index (χ4v) is 4.93. The van der Waals surface area contributed by atoms with Gasteiger partial charge in [-0.3, -0.25) is 9.59 Å². The number of aromatic nitrogens is 1. The van der Waals surface area contributed by atoms with Gasteiger partial charge in [0.15, 0.2) is 0 Å². The van der Waals surface area contributed by atoms with E-state index in [4.69, 9.17) is 5.11 Å². The van der Waals surface area contributed by atoms with E-state index in [0.29, 0.717) is 18.8 Å². The summed E-state index contributed by atoms with van der Waals surface area (Å²) in [5, 5.41) is 12.2. The van der Waals surface area contributed by atoms with Gasteiger partial charge in [0.05, 0.1) is 10.7 Å². The maximum atomic E-state index is 13.1. The first kappa shape index (κ1) is 30.0. The highest BCUT2D eigenvalue weighted by atomic mass is 32.1. The average Bonchev–Trinajstić information content (AvgIpc) is 3.15. The summed E-state index contributed by atoms with van der Waals surface area (Å²) in [6, 6.07) is 0. The van der Waals surface area contributed by atoms with Gasteiger partial charge in [-0.25, -0.2) is 4.98 Å². The van der Waals surface area contributed by atoms with E-state index >= 15 is 0 Å². The van der Waals surface area contributed by atoms with Crippen molar-refractivity contribution in [3.63, 3.8) is 0 Å². The minimum atomic E-state index is -0.848. The lowest BCUT2D eigenvalue weighted by molar-refractivity contribution is -0.138. The molecule has 0 amide bonds. The van der Waals surface area contributed by atoms with Crippen LogP contribution in [0.3, 0.4) is 0 Å². The second-order valence-electron chi connectivity index (χ2n) is 10.5. The van der Waals surface area contributed by atoms with E-state index in [1.54, 1.807) is 11.3 Å². The van der Waals surface area contributed by atoms with E-state index in [2.05, 4.69) is 49.9 Å². The first-order valence-electron chi connectivity index (χ1n) is 12.6. The van der Waals surface area contributed by atoms with Gasteiger partial charge in [0.2, 0.25) is 0 Å². The molecule has 2 atom stereocenters. The standard InChI is InChI=1S/C29H45NO3S/c1-8-11-25(28(33)29(6,7)17-16-27(31)32)18-22(3)14-9-12-21(2)13-10-15-23(4)19-26-20-34-24(5)30-26/h8,13,19-20,22,25H,1,9-12,14-18H2,2-7H3,(H,31,32). The quantitative estimate of drug-likeness (QED) is 0.224. The predicted molar refractivity (Wildman–Crippen MR) is 145 cm³/mol. The number of carbonyl (C=O) groups excluding carboxylic acids is 1. The minimum Gasteiger partial charge on any atom is -0.481 e. The van der Waals surface area contributed by atoms with Gasteiger partial charge in [0.1, 0.15) is 5.78 Å². The number of aryl methyl sites for hydroxylation is 1. The van der Waals surface area contributed by atoms with Crippen LogP contribution in [0.25, 0.3) is 6.08 Å². The third-order valence-corrected chi connectivity index (χ3v) is 7.26. The van der Waals surface area contributed by atoms with E-state index in [9.17, 15) is 9.59 Å². The highest BCUT2D eigenvalue weighted by Gasteiger charge is 2.33. The van der Waals surface area contributed by atoms with Crippen molar-refractivity contribution >= 4 is 29.2 Å².